The third-order valence-corrected chi connectivity index (χ3v) is 4.28. The second-order valence-electron chi connectivity index (χ2n) is 6.28. The largest absolute Gasteiger partial charge is 0.392 e. The lowest BCUT2D eigenvalue weighted by atomic mass is 9.99. The molecular weight excluding hydrogens is 324 g/mol. The summed E-state index contributed by atoms with van der Waals surface area (Å²) in [7, 11) is 0. The first kappa shape index (κ1) is 16.3. The van der Waals surface area contributed by atoms with Gasteiger partial charge in [-0.2, -0.15) is 0 Å². The van der Waals surface area contributed by atoms with E-state index >= 15 is 0 Å². The number of H-pyrrole nitrogens is 1. The number of benzene rings is 2. The number of aromatic amines is 1. The van der Waals surface area contributed by atoms with E-state index in [1.807, 2.05) is 36.4 Å². The Kier molecular flexibility index (Phi) is 4.37. The van der Waals surface area contributed by atoms with E-state index in [0.29, 0.717) is 12.4 Å². The smallest absolute Gasteiger partial charge is 0.143 e. The molecule has 0 fully saturated rings. The Labute approximate surface area is 151 Å². The number of aromatic nitrogens is 3. The van der Waals surface area contributed by atoms with Crippen molar-refractivity contribution in [3.63, 3.8) is 0 Å². The summed E-state index contributed by atoms with van der Waals surface area (Å²) in [6.45, 7) is 2.17. The fourth-order valence-corrected chi connectivity index (χ4v) is 3.12. The molecule has 3 N–H and O–H groups in total. The summed E-state index contributed by atoms with van der Waals surface area (Å²) in [4.78, 5) is 12.3. The Morgan fingerprint density at radius 1 is 0.962 bits per heavy atom. The van der Waals surface area contributed by atoms with Crippen molar-refractivity contribution in [2.45, 2.75) is 13.0 Å². The Balaban J connectivity index is 1.99. The van der Waals surface area contributed by atoms with Crippen molar-refractivity contribution >= 4 is 16.9 Å². The number of rotatable bonds is 5. The average molecular weight is 344 g/mol. The van der Waals surface area contributed by atoms with Crippen molar-refractivity contribution in [2.75, 3.05) is 11.9 Å². The summed E-state index contributed by atoms with van der Waals surface area (Å²) in [5, 5.41) is 13.8. The van der Waals surface area contributed by atoms with Gasteiger partial charge in [0.25, 0.3) is 0 Å². The van der Waals surface area contributed by atoms with Crippen LogP contribution >= 0.6 is 0 Å². The molecule has 0 spiro atoms. The van der Waals surface area contributed by atoms with Crippen LogP contribution in [-0.2, 0) is 0 Å². The van der Waals surface area contributed by atoms with Crippen LogP contribution in [0.2, 0.25) is 0 Å². The fraction of sp³-hybridized carbons (Fsp3) is 0.143. The minimum atomic E-state index is -0.465. The second-order valence-corrected chi connectivity index (χ2v) is 6.28. The molecule has 0 unspecified atom stereocenters. The Hall–Kier alpha value is -3.18. The maximum atomic E-state index is 9.64. The molecule has 5 heteroatoms. The number of nitrogens with zero attached hydrogens (tertiary/aromatic N) is 2. The number of hydrogen-bond acceptors (Lipinski definition) is 4. The molecular formula is C21H20N4O. The molecule has 0 amide bonds. The molecule has 4 rings (SSSR count). The van der Waals surface area contributed by atoms with E-state index in [4.69, 9.17) is 0 Å². The molecule has 4 aromatic rings. The van der Waals surface area contributed by atoms with E-state index in [2.05, 4.69) is 44.5 Å². The Bertz CT molecular complexity index is 1010. The van der Waals surface area contributed by atoms with Gasteiger partial charge in [0.2, 0.25) is 0 Å². The van der Waals surface area contributed by atoms with Gasteiger partial charge in [-0.15, -0.1) is 0 Å². The summed E-state index contributed by atoms with van der Waals surface area (Å²) in [5.41, 5.74) is 5.01. The van der Waals surface area contributed by atoms with Crippen molar-refractivity contribution < 1.29 is 5.11 Å². The van der Waals surface area contributed by atoms with Gasteiger partial charge >= 0.3 is 0 Å². The highest BCUT2D eigenvalue weighted by Crippen LogP contribution is 2.40. The first-order valence-electron chi connectivity index (χ1n) is 8.63. The third-order valence-electron chi connectivity index (χ3n) is 4.28. The van der Waals surface area contributed by atoms with Gasteiger partial charge in [0.1, 0.15) is 17.8 Å². The highest BCUT2D eigenvalue weighted by Gasteiger charge is 2.19. The topological polar surface area (TPSA) is 73.8 Å². The van der Waals surface area contributed by atoms with Gasteiger partial charge < -0.3 is 15.4 Å². The lowest BCUT2D eigenvalue weighted by Gasteiger charge is -2.10. The summed E-state index contributed by atoms with van der Waals surface area (Å²) >= 11 is 0. The van der Waals surface area contributed by atoms with E-state index in [1.165, 1.54) is 6.33 Å². The molecule has 2 heterocycles. The van der Waals surface area contributed by atoms with E-state index in [9.17, 15) is 5.11 Å². The zero-order valence-corrected chi connectivity index (χ0v) is 14.5. The van der Waals surface area contributed by atoms with Crippen LogP contribution in [0.1, 0.15) is 6.92 Å². The predicted molar refractivity (Wildman–Crippen MR) is 105 cm³/mol. The van der Waals surface area contributed by atoms with Crippen LogP contribution in [0.4, 0.5) is 5.82 Å². The van der Waals surface area contributed by atoms with Crippen LogP contribution in [0.3, 0.4) is 0 Å². The molecule has 0 radical (unpaired) electrons. The third kappa shape index (κ3) is 3.05. The maximum Gasteiger partial charge on any atom is 0.143 e. The minimum Gasteiger partial charge on any atom is -0.392 e. The lowest BCUT2D eigenvalue weighted by molar-refractivity contribution is 0.208. The molecule has 0 aliphatic heterocycles. The van der Waals surface area contributed by atoms with Gasteiger partial charge in [0.05, 0.1) is 17.2 Å². The molecule has 1 atom stereocenters. The standard InChI is InChI=1S/C21H20N4O/c1-14(26)12-22-20-18-17(15-8-4-2-5-9-15)19(16-10-6-3-7-11-16)25-21(18)24-13-23-20/h2-11,13-14,26H,12H2,1H3,(H2,22,23,24,25)/t14-/m1/s1. The molecule has 0 bridgehead atoms. The minimum absolute atomic E-state index is 0.423. The second kappa shape index (κ2) is 6.98. The number of aliphatic hydroxyl groups excluding tert-OH is 1. The highest BCUT2D eigenvalue weighted by atomic mass is 16.3. The molecule has 0 aliphatic carbocycles. The average Bonchev–Trinajstić information content (AvgIpc) is 3.08. The molecule has 2 aromatic heterocycles. The van der Waals surface area contributed by atoms with E-state index in [-0.39, 0.29) is 0 Å². The highest BCUT2D eigenvalue weighted by molar-refractivity contribution is 6.07. The first-order chi connectivity index (χ1) is 12.7. The number of aliphatic hydroxyl groups is 1. The van der Waals surface area contributed by atoms with Crippen LogP contribution in [0.15, 0.2) is 67.0 Å². The zero-order valence-electron chi connectivity index (χ0n) is 14.5. The van der Waals surface area contributed by atoms with Gasteiger partial charge in [-0.25, -0.2) is 9.97 Å². The van der Waals surface area contributed by atoms with Crippen molar-refractivity contribution in [1.82, 2.24) is 15.0 Å². The predicted octanol–water partition coefficient (Wildman–Crippen LogP) is 4.08. The van der Waals surface area contributed by atoms with Crippen LogP contribution < -0.4 is 5.32 Å². The van der Waals surface area contributed by atoms with Crippen molar-refractivity contribution in [3.05, 3.63) is 67.0 Å². The van der Waals surface area contributed by atoms with Gasteiger partial charge in [0, 0.05) is 12.1 Å². The fourth-order valence-electron chi connectivity index (χ4n) is 3.12. The van der Waals surface area contributed by atoms with Gasteiger partial charge in [0.15, 0.2) is 0 Å². The van der Waals surface area contributed by atoms with E-state index < -0.39 is 6.10 Å². The monoisotopic (exact) mass is 344 g/mol. The summed E-state index contributed by atoms with van der Waals surface area (Å²) in [6, 6.07) is 20.4. The molecule has 26 heavy (non-hydrogen) atoms. The van der Waals surface area contributed by atoms with Crippen LogP contribution in [0.25, 0.3) is 33.4 Å². The van der Waals surface area contributed by atoms with E-state index in [1.54, 1.807) is 6.92 Å². The van der Waals surface area contributed by atoms with Gasteiger partial charge in [-0.1, -0.05) is 60.7 Å². The summed E-state index contributed by atoms with van der Waals surface area (Å²) in [6.07, 6.45) is 1.07. The van der Waals surface area contributed by atoms with Crippen LogP contribution in [-0.4, -0.2) is 32.7 Å². The summed E-state index contributed by atoms with van der Waals surface area (Å²) < 4.78 is 0. The van der Waals surface area contributed by atoms with Crippen LogP contribution in [0, 0.1) is 0 Å². The van der Waals surface area contributed by atoms with Crippen molar-refractivity contribution in [1.29, 1.82) is 0 Å². The molecule has 0 saturated heterocycles. The number of nitrogens with one attached hydrogen (secondary N) is 2. The van der Waals surface area contributed by atoms with Crippen molar-refractivity contribution in [2.24, 2.45) is 0 Å². The normalized spacial score (nSPS) is 12.2. The molecule has 0 saturated carbocycles. The molecule has 0 aliphatic rings. The maximum absolute atomic E-state index is 9.64. The van der Waals surface area contributed by atoms with Crippen LogP contribution in [0.5, 0.6) is 0 Å². The van der Waals surface area contributed by atoms with Gasteiger partial charge in [-0.3, -0.25) is 0 Å². The van der Waals surface area contributed by atoms with Crippen molar-refractivity contribution in [3.8, 4) is 22.4 Å². The van der Waals surface area contributed by atoms with E-state index in [0.717, 1.165) is 33.4 Å². The first-order valence-corrected chi connectivity index (χ1v) is 8.63. The Morgan fingerprint density at radius 2 is 1.62 bits per heavy atom. The number of fused-ring (bicyclic) bond motifs is 1. The Morgan fingerprint density at radius 3 is 2.27 bits per heavy atom. The summed E-state index contributed by atoms with van der Waals surface area (Å²) in [5.74, 6) is 0.716. The van der Waals surface area contributed by atoms with Gasteiger partial charge in [-0.05, 0) is 18.1 Å². The molecule has 130 valence electrons. The molecule has 2 aromatic carbocycles. The number of hydrogen-bond donors (Lipinski definition) is 3. The quantitative estimate of drug-likeness (QED) is 0.510. The number of anilines is 1. The zero-order chi connectivity index (χ0) is 17.9. The SMILES string of the molecule is C[C@@H](O)CNc1ncnc2[nH]c(-c3ccccc3)c(-c3ccccc3)c12. The molecule has 5 nitrogen and oxygen atoms in total. The lowest BCUT2D eigenvalue weighted by Crippen LogP contribution is -2.16.